The second kappa shape index (κ2) is 12.6. The number of piperazine rings is 1. The van der Waals surface area contributed by atoms with Crippen molar-refractivity contribution >= 4 is 17.4 Å². The molecule has 2 atom stereocenters. The van der Waals surface area contributed by atoms with Gasteiger partial charge < -0.3 is 29.2 Å². The van der Waals surface area contributed by atoms with E-state index in [-0.39, 0.29) is 18.5 Å². The Labute approximate surface area is 242 Å². The quantitative estimate of drug-likeness (QED) is 0.293. The summed E-state index contributed by atoms with van der Waals surface area (Å²) in [6.45, 7) is 16.6. The molecule has 2 aromatic rings. The molecule has 0 aliphatic carbocycles. The molecule has 1 aromatic heterocycles. The van der Waals surface area contributed by atoms with E-state index >= 15 is 0 Å². The van der Waals surface area contributed by atoms with E-state index in [4.69, 9.17) is 26.5 Å². The monoisotopic (exact) mass is 554 g/mol. The van der Waals surface area contributed by atoms with Crippen LogP contribution in [0.5, 0.6) is 6.01 Å². The van der Waals surface area contributed by atoms with Crippen LogP contribution in [0.4, 0.5) is 11.5 Å². The lowest BCUT2D eigenvalue weighted by molar-refractivity contribution is -0.128. The molecular weight excluding hydrogens is 516 g/mol. The maximum Gasteiger partial charge on any atom is 0.318 e. The minimum Gasteiger partial charge on any atom is -0.462 e. The number of fused-ring (bicyclic) bond motifs is 1. The Morgan fingerprint density at radius 3 is 2.80 bits per heavy atom. The standard InChI is InChI=1S/C31H38N8O2/c1-22-8-5-10-28(23(22)2)37-15-12-26-27(20-37)34-31(41-21-24-9-7-14-36(24)4)35-30(26)38-16-17-39(25(19-38)18-33-3)29(40)11-6-13-32/h5-6,8,10-11,24-25H,7,9,12,14-21H2,1-2,4H3/b11-6-/t24-,25-/m0/s1. The summed E-state index contributed by atoms with van der Waals surface area (Å²) >= 11 is 0. The lowest BCUT2D eigenvalue weighted by atomic mass is 10.0. The maximum atomic E-state index is 12.7. The van der Waals surface area contributed by atoms with Crippen molar-refractivity contribution in [3.05, 3.63) is 64.2 Å². The third kappa shape index (κ3) is 6.13. The highest BCUT2D eigenvalue weighted by Gasteiger charge is 2.35. The zero-order valence-corrected chi connectivity index (χ0v) is 24.2. The lowest BCUT2D eigenvalue weighted by Gasteiger charge is -2.41. The lowest BCUT2D eigenvalue weighted by Crippen LogP contribution is -2.56. The van der Waals surface area contributed by atoms with Crippen LogP contribution < -0.4 is 14.5 Å². The van der Waals surface area contributed by atoms with Crippen molar-refractivity contribution in [2.75, 3.05) is 62.7 Å². The van der Waals surface area contributed by atoms with Gasteiger partial charge >= 0.3 is 6.01 Å². The SMILES string of the molecule is [C-]#[N+]C[C@H]1CN(c2nc(OC[C@@H]3CCCN3C)nc3c2CCN(c2cccc(C)c2C)C3)CCN1C(=O)/C=C\C#N. The van der Waals surface area contributed by atoms with Crippen LogP contribution in [0.2, 0.25) is 0 Å². The van der Waals surface area contributed by atoms with Crippen LogP contribution >= 0.6 is 0 Å². The van der Waals surface area contributed by atoms with Gasteiger partial charge in [-0.2, -0.15) is 15.2 Å². The van der Waals surface area contributed by atoms with Crippen molar-refractivity contribution in [1.82, 2.24) is 19.8 Å². The Kier molecular flexibility index (Phi) is 8.70. The molecule has 2 saturated heterocycles. The topological polar surface area (TPSA) is 93.2 Å². The highest BCUT2D eigenvalue weighted by atomic mass is 16.5. The molecule has 1 amide bonds. The van der Waals surface area contributed by atoms with E-state index in [1.807, 2.05) is 6.07 Å². The number of likely N-dealkylation sites (N-methyl/N-ethyl adjacent to an activating group) is 1. The first kappa shape index (κ1) is 28.4. The first-order valence-corrected chi connectivity index (χ1v) is 14.4. The van der Waals surface area contributed by atoms with E-state index in [1.54, 1.807) is 4.90 Å². The van der Waals surface area contributed by atoms with E-state index < -0.39 is 0 Å². The molecular formula is C31H38N8O2. The Bertz CT molecular complexity index is 1390. The molecule has 41 heavy (non-hydrogen) atoms. The van der Waals surface area contributed by atoms with Crippen LogP contribution in [0.15, 0.2) is 30.4 Å². The average Bonchev–Trinajstić information content (AvgIpc) is 3.40. The fraction of sp³-hybridized carbons (Fsp3) is 0.516. The van der Waals surface area contributed by atoms with Gasteiger partial charge in [-0.25, -0.2) is 6.57 Å². The molecule has 0 saturated carbocycles. The van der Waals surface area contributed by atoms with Gasteiger partial charge in [0.25, 0.3) is 0 Å². The number of hydrogen-bond donors (Lipinski definition) is 0. The highest BCUT2D eigenvalue weighted by Crippen LogP contribution is 2.33. The van der Waals surface area contributed by atoms with Gasteiger partial charge in [-0.3, -0.25) is 4.79 Å². The van der Waals surface area contributed by atoms with Gasteiger partial charge in [-0.15, -0.1) is 0 Å². The van der Waals surface area contributed by atoms with E-state index in [2.05, 4.69) is 58.6 Å². The first-order chi connectivity index (χ1) is 19.9. The number of aromatic nitrogens is 2. The van der Waals surface area contributed by atoms with Gasteiger partial charge in [0.2, 0.25) is 12.5 Å². The smallest absolute Gasteiger partial charge is 0.318 e. The Balaban J connectivity index is 1.45. The Hall–Kier alpha value is -4.15. The number of anilines is 2. The number of likely N-dealkylation sites (tertiary alicyclic amines) is 1. The largest absolute Gasteiger partial charge is 0.462 e. The number of allylic oxidation sites excluding steroid dienone is 1. The number of ether oxygens (including phenoxy) is 1. The molecule has 214 valence electrons. The third-order valence-corrected chi connectivity index (χ3v) is 8.68. The van der Waals surface area contributed by atoms with Gasteiger partial charge in [0, 0.05) is 55.6 Å². The predicted octanol–water partition coefficient (Wildman–Crippen LogP) is 3.15. The number of benzene rings is 1. The molecule has 0 bridgehead atoms. The number of amides is 1. The molecule has 4 heterocycles. The summed E-state index contributed by atoms with van der Waals surface area (Å²) < 4.78 is 6.26. The molecule has 5 rings (SSSR count). The van der Waals surface area contributed by atoms with Crippen LogP contribution in [-0.4, -0.2) is 90.7 Å². The average molecular weight is 555 g/mol. The summed E-state index contributed by atoms with van der Waals surface area (Å²) in [7, 11) is 2.13. The zero-order chi connectivity index (χ0) is 28.9. The van der Waals surface area contributed by atoms with E-state index in [0.29, 0.717) is 44.8 Å². The van der Waals surface area contributed by atoms with Gasteiger partial charge in [0.15, 0.2) is 0 Å². The molecule has 0 radical (unpaired) electrons. The van der Waals surface area contributed by atoms with Gasteiger partial charge in [-0.05, 0) is 63.9 Å². The number of nitriles is 1. The summed E-state index contributed by atoms with van der Waals surface area (Å²) in [6.07, 6.45) is 5.54. The van der Waals surface area contributed by atoms with Crippen molar-refractivity contribution in [3.63, 3.8) is 0 Å². The van der Waals surface area contributed by atoms with Crippen LogP contribution in [0.3, 0.4) is 0 Å². The van der Waals surface area contributed by atoms with Crippen molar-refractivity contribution in [2.45, 2.75) is 51.7 Å². The van der Waals surface area contributed by atoms with Gasteiger partial charge in [0.1, 0.15) is 18.5 Å². The number of carbonyl (C=O) groups excluding carboxylic acids is 1. The van der Waals surface area contributed by atoms with Crippen molar-refractivity contribution in [1.29, 1.82) is 5.26 Å². The van der Waals surface area contributed by atoms with E-state index in [1.165, 1.54) is 35.4 Å². The van der Waals surface area contributed by atoms with Crippen molar-refractivity contribution < 1.29 is 9.53 Å². The minimum absolute atomic E-state index is 0.188. The molecule has 3 aliphatic heterocycles. The molecule has 10 heteroatoms. The van der Waals surface area contributed by atoms with Crippen molar-refractivity contribution in [3.8, 4) is 12.1 Å². The van der Waals surface area contributed by atoms with Gasteiger partial charge in [-0.1, -0.05) is 12.1 Å². The molecule has 0 unspecified atom stereocenters. The van der Waals surface area contributed by atoms with Crippen molar-refractivity contribution in [2.24, 2.45) is 0 Å². The summed E-state index contributed by atoms with van der Waals surface area (Å²) in [5.41, 5.74) is 5.85. The number of hydrogen-bond acceptors (Lipinski definition) is 8. The van der Waals surface area contributed by atoms with E-state index in [0.717, 1.165) is 43.0 Å². The van der Waals surface area contributed by atoms with Crippen LogP contribution in [0.1, 0.15) is 35.2 Å². The minimum atomic E-state index is -0.297. The first-order valence-electron chi connectivity index (χ1n) is 14.4. The zero-order valence-electron chi connectivity index (χ0n) is 24.2. The number of carbonyl (C=O) groups is 1. The maximum absolute atomic E-state index is 12.7. The second-order valence-corrected chi connectivity index (χ2v) is 11.2. The molecule has 1 aromatic carbocycles. The summed E-state index contributed by atoms with van der Waals surface area (Å²) in [5.74, 6) is 0.610. The van der Waals surface area contributed by atoms with Crippen LogP contribution in [-0.2, 0) is 17.8 Å². The Morgan fingerprint density at radius 1 is 1.20 bits per heavy atom. The second-order valence-electron chi connectivity index (χ2n) is 11.2. The van der Waals surface area contributed by atoms with Crippen LogP contribution in [0, 0.1) is 31.8 Å². The molecule has 2 fully saturated rings. The molecule has 0 N–H and O–H groups in total. The molecule has 3 aliphatic rings. The van der Waals surface area contributed by atoms with E-state index in [9.17, 15) is 4.79 Å². The molecule has 0 spiro atoms. The summed E-state index contributed by atoms with van der Waals surface area (Å²) in [5, 5.41) is 8.86. The Morgan fingerprint density at radius 2 is 2.05 bits per heavy atom. The third-order valence-electron chi connectivity index (χ3n) is 8.68. The molecule has 10 nitrogen and oxygen atoms in total. The highest BCUT2D eigenvalue weighted by molar-refractivity contribution is 5.88. The summed E-state index contributed by atoms with van der Waals surface area (Å²) in [6, 6.07) is 8.74. The number of nitrogens with zero attached hydrogens (tertiary/aromatic N) is 8. The predicted molar refractivity (Wildman–Crippen MR) is 158 cm³/mol. The summed E-state index contributed by atoms with van der Waals surface area (Å²) in [4.78, 5) is 34.9. The normalized spacial score (nSPS) is 21.0. The number of rotatable bonds is 7. The number of aryl methyl sites for hydroxylation is 1. The van der Waals surface area contributed by atoms with Crippen LogP contribution in [0.25, 0.3) is 4.85 Å². The fourth-order valence-corrected chi connectivity index (χ4v) is 6.16. The fourth-order valence-electron chi connectivity index (χ4n) is 6.16. The van der Waals surface area contributed by atoms with Gasteiger partial charge in [0.05, 0.1) is 18.3 Å².